The summed E-state index contributed by atoms with van der Waals surface area (Å²) in [6.45, 7) is 2.29. The Kier molecular flexibility index (Phi) is 6.90. The highest BCUT2D eigenvalue weighted by Gasteiger charge is 2.42. The first-order valence-electron chi connectivity index (χ1n) is 10.7. The normalized spacial score (nSPS) is 42.6. The average molecular weight is 378 g/mol. The van der Waals surface area contributed by atoms with Crippen LogP contribution < -0.4 is 0 Å². The van der Waals surface area contributed by atoms with E-state index in [0.717, 1.165) is 30.6 Å². The zero-order valence-electron chi connectivity index (χ0n) is 15.9. The molecule has 3 aliphatic rings. The minimum absolute atomic E-state index is 0.201. The molecule has 5 heteroatoms. The molecule has 0 saturated heterocycles. The van der Waals surface area contributed by atoms with Crippen molar-refractivity contribution in [1.82, 2.24) is 0 Å². The first-order chi connectivity index (χ1) is 12.4. The summed E-state index contributed by atoms with van der Waals surface area (Å²) in [5.74, 6) is 3.38. The van der Waals surface area contributed by atoms with Gasteiger partial charge in [-0.25, -0.2) is 4.39 Å². The van der Waals surface area contributed by atoms with Crippen molar-refractivity contribution in [3.05, 3.63) is 0 Å². The van der Waals surface area contributed by atoms with Gasteiger partial charge in [0, 0.05) is 0 Å². The number of hydrogen-bond acceptors (Lipinski definition) is 1. The van der Waals surface area contributed by atoms with Crippen molar-refractivity contribution in [2.24, 2.45) is 29.6 Å². The fraction of sp³-hybridized carbons (Fsp3) is 1.00. The minimum atomic E-state index is -4.73. The van der Waals surface area contributed by atoms with Crippen LogP contribution in [-0.4, -0.2) is 18.6 Å². The summed E-state index contributed by atoms with van der Waals surface area (Å²) < 4.78 is 55.2. The van der Waals surface area contributed by atoms with Gasteiger partial charge in [-0.3, -0.25) is 4.74 Å². The van der Waals surface area contributed by atoms with Gasteiger partial charge in [0.1, 0.15) is 6.17 Å². The number of ether oxygens (including phenoxy) is 1. The van der Waals surface area contributed by atoms with Crippen LogP contribution in [0.5, 0.6) is 0 Å². The van der Waals surface area contributed by atoms with E-state index >= 15 is 0 Å². The Morgan fingerprint density at radius 1 is 0.731 bits per heavy atom. The number of alkyl halides is 4. The van der Waals surface area contributed by atoms with E-state index in [-0.39, 0.29) is 18.8 Å². The maximum Gasteiger partial charge on any atom is 0.522 e. The zero-order valence-corrected chi connectivity index (χ0v) is 15.9. The summed E-state index contributed by atoms with van der Waals surface area (Å²) >= 11 is 0. The fourth-order valence-corrected chi connectivity index (χ4v) is 6.01. The van der Waals surface area contributed by atoms with E-state index in [2.05, 4.69) is 11.7 Å². The maximum atomic E-state index is 14.2. The molecular weight excluding hydrogens is 344 g/mol. The third-order valence-electron chi connectivity index (χ3n) is 7.66. The summed E-state index contributed by atoms with van der Waals surface area (Å²) in [5, 5.41) is 0. The molecular formula is C21H34F4O. The first-order valence-corrected chi connectivity index (χ1v) is 10.7. The van der Waals surface area contributed by atoms with Gasteiger partial charge in [-0.05, 0) is 87.4 Å². The number of hydrogen-bond donors (Lipinski definition) is 0. The highest BCUT2D eigenvalue weighted by atomic mass is 19.4. The maximum absolute atomic E-state index is 14.2. The SMILES string of the molecule is CCC1CCC(C2CCC(C3CCC(OC(F)(F)F)C(F)C3)CC2)CC1. The fourth-order valence-electron chi connectivity index (χ4n) is 6.01. The van der Waals surface area contributed by atoms with Crippen LogP contribution in [0.4, 0.5) is 17.6 Å². The Morgan fingerprint density at radius 3 is 1.65 bits per heavy atom. The second-order valence-corrected chi connectivity index (χ2v) is 9.06. The van der Waals surface area contributed by atoms with Gasteiger partial charge in [0.25, 0.3) is 0 Å². The molecule has 0 amide bonds. The third-order valence-corrected chi connectivity index (χ3v) is 7.66. The quantitative estimate of drug-likeness (QED) is 0.476. The zero-order chi connectivity index (χ0) is 18.7. The first kappa shape index (κ1) is 20.4. The lowest BCUT2D eigenvalue weighted by Crippen LogP contribution is -2.39. The molecule has 0 radical (unpaired) electrons. The summed E-state index contributed by atoms with van der Waals surface area (Å²) in [5.41, 5.74) is 0. The molecule has 0 N–H and O–H groups in total. The van der Waals surface area contributed by atoms with Crippen molar-refractivity contribution in [3.63, 3.8) is 0 Å². The molecule has 26 heavy (non-hydrogen) atoms. The van der Waals surface area contributed by atoms with Crippen LogP contribution in [0, 0.1) is 29.6 Å². The van der Waals surface area contributed by atoms with Crippen LogP contribution >= 0.6 is 0 Å². The van der Waals surface area contributed by atoms with Gasteiger partial charge in [-0.2, -0.15) is 0 Å². The molecule has 0 bridgehead atoms. The van der Waals surface area contributed by atoms with E-state index in [1.807, 2.05) is 0 Å². The highest BCUT2D eigenvalue weighted by Crippen LogP contribution is 2.46. The van der Waals surface area contributed by atoms with E-state index < -0.39 is 18.6 Å². The van der Waals surface area contributed by atoms with Crippen molar-refractivity contribution in [2.45, 2.75) is 103 Å². The van der Waals surface area contributed by atoms with Crippen LogP contribution in [0.15, 0.2) is 0 Å². The molecule has 0 aromatic rings. The molecule has 0 aromatic carbocycles. The van der Waals surface area contributed by atoms with Crippen LogP contribution in [0.25, 0.3) is 0 Å². The van der Waals surface area contributed by atoms with E-state index in [4.69, 9.17) is 0 Å². The Hall–Kier alpha value is -0.320. The second-order valence-electron chi connectivity index (χ2n) is 9.06. The van der Waals surface area contributed by atoms with Gasteiger partial charge in [0.05, 0.1) is 6.10 Å². The molecule has 3 unspecified atom stereocenters. The van der Waals surface area contributed by atoms with Crippen molar-refractivity contribution in [3.8, 4) is 0 Å². The van der Waals surface area contributed by atoms with Gasteiger partial charge < -0.3 is 0 Å². The van der Waals surface area contributed by atoms with E-state index in [1.54, 1.807) is 0 Å². The van der Waals surface area contributed by atoms with Crippen LogP contribution in [0.2, 0.25) is 0 Å². The average Bonchev–Trinajstić information content (AvgIpc) is 2.63. The van der Waals surface area contributed by atoms with E-state index in [9.17, 15) is 17.6 Å². The molecule has 0 heterocycles. The molecule has 0 aromatic heterocycles. The standard InChI is InChI=1S/C21H34F4O/c1-2-14-3-5-15(6-4-14)16-7-9-17(10-8-16)18-11-12-20(19(22)13-18)26-21(23,24)25/h14-20H,2-13H2,1H3. The van der Waals surface area contributed by atoms with Gasteiger partial charge in [0.15, 0.2) is 0 Å². The molecule has 3 rings (SSSR count). The predicted molar refractivity (Wildman–Crippen MR) is 94.4 cm³/mol. The van der Waals surface area contributed by atoms with Crippen molar-refractivity contribution in [2.75, 3.05) is 0 Å². The lowest BCUT2D eigenvalue weighted by atomic mass is 9.65. The molecule has 0 aliphatic heterocycles. The summed E-state index contributed by atoms with van der Waals surface area (Å²) in [4.78, 5) is 0. The van der Waals surface area contributed by atoms with E-state index in [0.29, 0.717) is 12.3 Å². The molecule has 3 saturated carbocycles. The summed E-state index contributed by atoms with van der Waals surface area (Å²) in [6, 6.07) is 0. The summed E-state index contributed by atoms with van der Waals surface area (Å²) in [7, 11) is 0. The largest absolute Gasteiger partial charge is 0.522 e. The predicted octanol–water partition coefficient (Wildman–Crippen LogP) is 7.05. The second kappa shape index (κ2) is 8.79. The smallest absolute Gasteiger partial charge is 0.286 e. The van der Waals surface area contributed by atoms with Crippen LogP contribution in [0.3, 0.4) is 0 Å². The van der Waals surface area contributed by atoms with Crippen LogP contribution in [0.1, 0.15) is 84.0 Å². The monoisotopic (exact) mass is 378 g/mol. The Morgan fingerprint density at radius 2 is 1.19 bits per heavy atom. The topological polar surface area (TPSA) is 9.23 Å². The molecule has 0 spiro atoms. The van der Waals surface area contributed by atoms with E-state index in [1.165, 1.54) is 44.9 Å². The lowest BCUT2D eigenvalue weighted by molar-refractivity contribution is -0.352. The number of halogens is 4. The molecule has 152 valence electrons. The Labute approximate surface area is 155 Å². The molecule has 1 nitrogen and oxygen atoms in total. The minimum Gasteiger partial charge on any atom is -0.286 e. The third kappa shape index (κ3) is 5.36. The summed E-state index contributed by atoms with van der Waals surface area (Å²) in [6.07, 6.45) is 5.21. The van der Waals surface area contributed by atoms with Gasteiger partial charge in [-0.15, -0.1) is 13.2 Å². The lowest BCUT2D eigenvalue weighted by Gasteiger charge is -2.42. The molecule has 3 aliphatic carbocycles. The van der Waals surface area contributed by atoms with Gasteiger partial charge >= 0.3 is 6.36 Å². The van der Waals surface area contributed by atoms with Gasteiger partial charge in [0.2, 0.25) is 0 Å². The molecule has 3 fully saturated rings. The van der Waals surface area contributed by atoms with Crippen molar-refractivity contribution >= 4 is 0 Å². The molecule has 3 atom stereocenters. The Balaban J connectivity index is 1.41. The van der Waals surface area contributed by atoms with Crippen molar-refractivity contribution < 1.29 is 22.3 Å². The van der Waals surface area contributed by atoms with Crippen LogP contribution in [-0.2, 0) is 4.74 Å². The Bertz CT molecular complexity index is 422. The van der Waals surface area contributed by atoms with Gasteiger partial charge in [-0.1, -0.05) is 26.2 Å². The highest BCUT2D eigenvalue weighted by molar-refractivity contribution is 4.88. The number of rotatable bonds is 4. The van der Waals surface area contributed by atoms with Crippen molar-refractivity contribution in [1.29, 1.82) is 0 Å².